The number of imide groups is 1. The van der Waals surface area contributed by atoms with Crippen molar-refractivity contribution in [3.05, 3.63) is 35.4 Å². The SMILES string of the molecule is CC1CN(CN2C(=O)c3ccccc3C2=O)CCN1. The van der Waals surface area contributed by atoms with Gasteiger partial charge in [0.2, 0.25) is 0 Å². The van der Waals surface area contributed by atoms with Gasteiger partial charge in [-0.2, -0.15) is 0 Å². The fourth-order valence-corrected chi connectivity index (χ4v) is 2.71. The minimum absolute atomic E-state index is 0.174. The fraction of sp³-hybridized carbons (Fsp3) is 0.429. The van der Waals surface area contributed by atoms with Gasteiger partial charge in [-0.1, -0.05) is 12.1 Å². The van der Waals surface area contributed by atoms with E-state index in [1.807, 2.05) is 0 Å². The van der Waals surface area contributed by atoms with Gasteiger partial charge in [-0.3, -0.25) is 19.4 Å². The van der Waals surface area contributed by atoms with Crippen LogP contribution in [0.5, 0.6) is 0 Å². The van der Waals surface area contributed by atoms with Gasteiger partial charge in [-0.15, -0.1) is 0 Å². The van der Waals surface area contributed by atoms with Crippen LogP contribution in [-0.4, -0.2) is 54.0 Å². The number of fused-ring (bicyclic) bond motifs is 1. The molecule has 1 N–H and O–H groups in total. The van der Waals surface area contributed by atoms with Crippen LogP contribution in [0.3, 0.4) is 0 Å². The Labute approximate surface area is 112 Å². The molecule has 2 aliphatic rings. The Morgan fingerprint density at radius 2 is 1.84 bits per heavy atom. The predicted octanol–water partition coefficient (Wildman–Crippen LogP) is 0.534. The molecule has 2 heterocycles. The molecule has 0 aromatic heterocycles. The van der Waals surface area contributed by atoms with Crippen LogP contribution in [-0.2, 0) is 0 Å². The van der Waals surface area contributed by atoms with Crippen LogP contribution in [0.4, 0.5) is 0 Å². The van der Waals surface area contributed by atoms with Gasteiger partial charge in [-0.05, 0) is 19.1 Å². The van der Waals surface area contributed by atoms with E-state index in [9.17, 15) is 9.59 Å². The number of rotatable bonds is 2. The zero-order valence-electron chi connectivity index (χ0n) is 10.9. The molecule has 1 saturated heterocycles. The lowest BCUT2D eigenvalue weighted by molar-refractivity contribution is 0.0508. The number of benzene rings is 1. The molecule has 5 heteroatoms. The van der Waals surface area contributed by atoms with Gasteiger partial charge in [0.05, 0.1) is 17.8 Å². The van der Waals surface area contributed by atoms with Crippen LogP contribution in [0.15, 0.2) is 24.3 Å². The van der Waals surface area contributed by atoms with E-state index in [0.717, 1.165) is 19.6 Å². The molecule has 2 amide bonds. The average molecular weight is 259 g/mol. The van der Waals surface area contributed by atoms with E-state index in [1.165, 1.54) is 4.90 Å². The Balaban J connectivity index is 1.77. The van der Waals surface area contributed by atoms with E-state index in [4.69, 9.17) is 0 Å². The van der Waals surface area contributed by atoms with Gasteiger partial charge < -0.3 is 5.32 Å². The number of amides is 2. The topological polar surface area (TPSA) is 52.7 Å². The highest BCUT2D eigenvalue weighted by Crippen LogP contribution is 2.22. The van der Waals surface area contributed by atoms with E-state index >= 15 is 0 Å². The summed E-state index contributed by atoms with van der Waals surface area (Å²) in [5.41, 5.74) is 1.05. The second-order valence-corrected chi connectivity index (χ2v) is 5.16. The first-order valence-electron chi connectivity index (χ1n) is 6.58. The highest BCUT2D eigenvalue weighted by molar-refractivity contribution is 6.21. The largest absolute Gasteiger partial charge is 0.312 e. The molecular formula is C14H17N3O2. The number of hydrogen-bond acceptors (Lipinski definition) is 4. The molecule has 0 saturated carbocycles. The van der Waals surface area contributed by atoms with E-state index in [0.29, 0.717) is 23.8 Å². The Morgan fingerprint density at radius 3 is 2.42 bits per heavy atom. The highest BCUT2D eigenvalue weighted by atomic mass is 16.2. The van der Waals surface area contributed by atoms with Crippen LogP contribution >= 0.6 is 0 Å². The number of piperazine rings is 1. The van der Waals surface area contributed by atoms with Gasteiger partial charge in [-0.25, -0.2) is 0 Å². The Hall–Kier alpha value is -1.72. The molecular weight excluding hydrogens is 242 g/mol. The standard InChI is InChI=1S/C14H17N3O2/c1-10-8-16(7-6-15-10)9-17-13(18)11-4-2-3-5-12(11)14(17)19/h2-5,10,15H,6-9H2,1H3. The lowest BCUT2D eigenvalue weighted by atomic mass is 10.1. The first-order valence-corrected chi connectivity index (χ1v) is 6.58. The van der Waals surface area contributed by atoms with Crippen molar-refractivity contribution in [2.75, 3.05) is 26.3 Å². The Kier molecular flexibility index (Phi) is 3.08. The predicted molar refractivity (Wildman–Crippen MR) is 70.8 cm³/mol. The van der Waals surface area contributed by atoms with Gasteiger partial charge in [0.15, 0.2) is 0 Å². The molecule has 3 rings (SSSR count). The lowest BCUT2D eigenvalue weighted by Crippen LogP contribution is -2.53. The summed E-state index contributed by atoms with van der Waals surface area (Å²) >= 11 is 0. The minimum Gasteiger partial charge on any atom is -0.312 e. The zero-order valence-corrected chi connectivity index (χ0v) is 10.9. The molecule has 19 heavy (non-hydrogen) atoms. The van der Waals surface area contributed by atoms with Crippen LogP contribution in [0.25, 0.3) is 0 Å². The van der Waals surface area contributed by atoms with E-state index in [2.05, 4.69) is 17.1 Å². The van der Waals surface area contributed by atoms with Crippen LogP contribution in [0.2, 0.25) is 0 Å². The minimum atomic E-state index is -0.174. The Bertz CT molecular complexity index is 494. The summed E-state index contributed by atoms with van der Waals surface area (Å²) in [4.78, 5) is 27.9. The van der Waals surface area contributed by atoms with Gasteiger partial charge in [0.25, 0.3) is 11.8 Å². The third kappa shape index (κ3) is 2.15. The average Bonchev–Trinajstić information content (AvgIpc) is 2.65. The third-order valence-electron chi connectivity index (χ3n) is 3.67. The molecule has 100 valence electrons. The zero-order chi connectivity index (χ0) is 13.4. The Morgan fingerprint density at radius 1 is 1.21 bits per heavy atom. The van der Waals surface area contributed by atoms with Crippen molar-refractivity contribution in [3.63, 3.8) is 0 Å². The number of hydrogen-bond donors (Lipinski definition) is 1. The smallest absolute Gasteiger partial charge is 0.262 e. The van der Waals surface area contributed by atoms with Crippen molar-refractivity contribution in [2.45, 2.75) is 13.0 Å². The second kappa shape index (κ2) is 4.75. The fourth-order valence-electron chi connectivity index (χ4n) is 2.71. The number of carbonyl (C=O) groups is 2. The molecule has 1 aromatic carbocycles. The summed E-state index contributed by atoms with van der Waals surface area (Å²) in [7, 11) is 0. The summed E-state index contributed by atoms with van der Waals surface area (Å²) in [6.45, 7) is 5.10. The molecule has 0 radical (unpaired) electrons. The first-order chi connectivity index (χ1) is 9.16. The molecule has 1 fully saturated rings. The van der Waals surface area contributed by atoms with Crippen molar-refractivity contribution in [2.24, 2.45) is 0 Å². The molecule has 2 aliphatic heterocycles. The normalized spacial score (nSPS) is 23.8. The molecule has 0 spiro atoms. The van der Waals surface area contributed by atoms with Crippen LogP contribution in [0.1, 0.15) is 27.6 Å². The number of nitrogens with zero attached hydrogens (tertiary/aromatic N) is 2. The highest BCUT2D eigenvalue weighted by Gasteiger charge is 2.36. The molecule has 1 atom stereocenters. The quantitative estimate of drug-likeness (QED) is 0.787. The number of carbonyl (C=O) groups excluding carboxylic acids is 2. The van der Waals surface area contributed by atoms with Gasteiger partial charge in [0.1, 0.15) is 0 Å². The lowest BCUT2D eigenvalue weighted by Gasteiger charge is -2.33. The summed E-state index contributed by atoms with van der Waals surface area (Å²) in [5.74, 6) is -0.349. The van der Waals surface area contributed by atoms with Crippen molar-refractivity contribution in [1.82, 2.24) is 15.1 Å². The maximum Gasteiger partial charge on any atom is 0.262 e. The van der Waals surface area contributed by atoms with E-state index in [-0.39, 0.29) is 11.8 Å². The molecule has 1 unspecified atom stereocenters. The second-order valence-electron chi connectivity index (χ2n) is 5.16. The maximum atomic E-state index is 12.2. The summed E-state index contributed by atoms with van der Waals surface area (Å²) in [6.07, 6.45) is 0. The summed E-state index contributed by atoms with van der Waals surface area (Å²) in [5, 5.41) is 3.35. The van der Waals surface area contributed by atoms with Crippen LogP contribution < -0.4 is 5.32 Å². The van der Waals surface area contributed by atoms with Crippen molar-refractivity contribution >= 4 is 11.8 Å². The third-order valence-corrected chi connectivity index (χ3v) is 3.67. The summed E-state index contributed by atoms with van der Waals surface area (Å²) in [6, 6.07) is 7.41. The maximum absolute atomic E-state index is 12.2. The molecule has 5 nitrogen and oxygen atoms in total. The molecule has 0 bridgehead atoms. The first kappa shape index (κ1) is 12.3. The van der Waals surface area contributed by atoms with Crippen molar-refractivity contribution in [1.29, 1.82) is 0 Å². The van der Waals surface area contributed by atoms with E-state index in [1.54, 1.807) is 24.3 Å². The summed E-state index contributed by atoms with van der Waals surface area (Å²) < 4.78 is 0. The molecule has 0 aliphatic carbocycles. The monoisotopic (exact) mass is 259 g/mol. The molecule has 1 aromatic rings. The van der Waals surface area contributed by atoms with E-state index < -0.39 is 0 Å². The van der Waals surface area contributed by atoms with Gasteiger partial charge >= 0.3 is 0 Å². The van der Waals surface area contributed by atoms with Crippen molar-refractivity contribution in [3.8, 4) is 0 Å². The van der Waals surface area contributed by atoms with Gasteiger partial charge in [0, 0.05) is 25.7 Å². The number of nitrogens with one attached hydrogen (secondary N) is 1. The van der Waals surface area contributed by atoms with Crippen LogP contribution in [0, 0.1) is 0 Å². The van der Waals surface area contributed by atoms with Crippen molar-refractivity contribution < 1.29 is 9.59 Å².